The Morgan fingerprint density at radius 1 is 1.50 bits per heavy atom. The van der Waals surface area contributed by atoms with Crippen molar-refractivity contribution < 1.29 is 9.18 Å². The molecule has 0 radical (unpaired) electrons. The predicted octanol–water partition coefficient (Wildman–Crippen LogP) is 3.57. The molecule has 1 amide bonds. The maximum absolute atomic E-state index is 14.6. The van der Waals surface area contributed by atoms with Gasteiger partial charge in [0.05, 0.1) is 18.4 Å². The molecule has 0 bridgehead atoms. The van der Waals surface area contributed by atoms with Crippen LogP contribution >= 0.6 is 0 Å². The smallest absolute Gasteiger partial charge is 0.228 e. The van der Waals surface area contributed by atoms with E-state index < -0.39 is 11.7 Å². The lowest BCUT2D eigenvalue weighted by molar-refractivity contribution is -0.120. The van der Waals surface area contributed by atoms with Crippen LogP contribution in [-0.2, 0) is 4.79 Å². The van der Waals surface area contributed by atoms with Crippen molar-refractivity contribution in [2.45, 2.75) is 64.1 Å². The molecule has 0 saturated heterocycles. The molecule has 0 spiro atoms. The SMILES string of the molecule is C=NN(c1cnc(NC(=O)C2CCCCC2)cn1)C(CC)C(C)(F)C=N. The Labute approximate surface area is 153 Å². The Morgan fingerprint density at radius 2 is 2.19 bits per heavy atom. The second-order valence-electron chi connectivity index (χ2n) is 6.79. The molecule has 7 nitrogen and oxygen atoms in total. The van der Waals surface area contributed by atoms with E-state index in [1.165, 1.54) is 30.7 Å². The van der Waals surface area contributed by atoms with E-state index in [2.05, 4.69) is 27.1 Å². The number of hydrazone groups is 1. The first-order valence-electron chi connectivity index (χ1n) is 9.02. The van der Waals surface area contributed by atoms with Crippen molar-refractivity contribution >= 4 is 30.5 Å². The van der Waals surface area contributed by atoms with Gasteiger partial charge in [-0.3, -0.25) is 4.79 Å². The molecule has 1 aromatic rings. The van der Waals surface area contributed by atoms with Crippen LogP contribution in [0.4, 0.5) is 16.0 Å². The summed E-state index contributed by atoms with van der Waals surface area (Å²) in [7, 11) is 0. The molecule has 1 saturated carbocycles. The van der Waals surface area contributed by atoms with Gasteiger partial charge in [-0.1, -0.05) is 26.2 Å². The van der Waals surface area contributed by atoms with Crippen LogP contribution in [-0.4, -0.2) is 40.5 Å². The largest absolute Gasteiger partial charge is 0.310 e. The number of nitrogens with zero attached hydrogens (tertiary/aromatic N) is 4. The molecule has 2 N–H and O–H groups in total. The molecule has 142 valence electrons. The quantitative estimate of drug-likeness (QED) is 0.546. The van der Waals surface area contributed by atoms with Crippen molar-refractivity contribution in [3.8, 4) is 0 Å². The molecule has 1 aliphatic rings. The summed E-state index contributed by atoms with van der Waals surface area (Å²) < 4.78 is 14.6. The Balaban J connectivity index is 2.10. The zero-order valence-electron chi connectivity index (χ0n) is 15.4. The van der Waals surface area contributed by atoms with Crippen LogP contribution in [0.1, 0.15) is 52.4 Å². The van der Waals surface area contributed by atoms with Crippen LogP contribution in [0.3, 0.4) is 0 Å². The fourth-order valence-corrected chi connectivity index (χ4v) is 3.34. The Bertz CT molecular complexity index is 627. The second-order valence-corrected chi connectivity index (χ2v) is 6.79. The van der Waals surface area contributed by atoms with Gasteiger partial charge in [-0.2, -0.15) is 5.10 Å². The minimum atomic E-state index is -1.88. The van der Waals surface area contributed by atoms with E-state index in [0.717, 1.165) is 31.9 Å². The van der Waals surface area contributed by atoms with Crippen LogP contribution in [0.5, 0.6) is 0 Å². The van der Waals surface area contributed by atoms with E-state index in [-0.39, 0.29) is 11.8 Å². The topological polar surface area (TPSA) is 94.3 Å². The lowest BCUT2D eigenvalue weighted by Crippen LogP contribution is -2.47. The second kappa shape index (κ2) is 8.82. The molecule has 0 aromatic carbocycles. The lowest BCUT2D eigenvalue weighted by Gasteiger charge is -2.33. The standard InChI is InChI=1S/C18H27FN6O/c1-4-14(18(2,19)12-20)25(21-3)16-11-22-15(10-23-16)24-17(26)13-8-6-5-7-9-13/h10-14,20H,3-9H2,1-2H3,(H,22,24,26). The number of carbonyl (C=O) groups excluding carboxylic acids is 1. The van der Waals surface area contributed by atoms with Gasteiger partial charge in [0.25, 0.3) is 0 Å². The maximum Gasteiger partial charge on any atom is 0.228 e. The number of rotatable bonds is 8. The summed E-state index contributed by atoms with van der Waals surface area (Å²) in [6.07, 6.45) is 9.17. The third kappa shape index (κ3) is 4.62. The van der Waals surface area contributed by atoms with Gasteiger partial charge < -0.3 is 10.7 Å². The highest BCUT2D eigenvalue weighted by Crippen LogP contribution is 2.27. The first-order valence-corrected chi connectivity index (χ1v) is 9.02. The zero-order chi connectivity index (χ0) is 19.2. The molecular formula is C18H27FN6O. The van der Waals surface area contributed by atoms with Crippen LogP contribution in [0.25, 0.3) is 0 Å². The highest BCUT2D eigenvalue weighted by atomic mass is 19.1. The normalized spacial score (nSPS) is 18.4. The number of anilines is 2. The van der Waals surface area contributed by atoms with Gasteiger partial charge in [-0.25, -0.2) is 19.4 Å². The van der Waals surface area contributed by atoms with Crippen molar-refractivity contribution in [1.29, 1.82) is 5.41 Å². The molecule has 2 rings (SSSR count). The predicted molar refractivity (Wildman–Crippen MR) is 102 cm³/mol. The Morgan fingerprint density at radius 3 is 2.69 bits per heavy atom. The zero-order valence-corrected chi connectivity index (χ0v) is 15.4. The average Bonchev–Trinajstić information content (AvgIpc) is 2.67. The molecule has 1 aromatic heterocycles. The molecule has 1 heterocycles. The van der Waals surface area contributed by atoms with Gasteiger partial charge in [-0.05, 0) is 26.2 Å². The van der Waals surface area contributed by atoms with Crippen LogP contribution in [0.2, 0.25) is 0 Å². The lowest BCUT2D eigenvalue weighted by atomic mass is 9.89. The first kappa shape index (κ1) is 19.9. The van der Waals surface area contributed by atoms with Crippen molar-refractivity contribution in [1.82, 2.24) is 9.97 Å². The third-order valence-corrected chi connectivity index (χ3v) is 4.87. The van der Waals surface area contributed by atoms with Gasteiger partial charge in [0.2, 0.25) is 5.91 Å². The van der Waals surface area contributed by atoms with Crippen molar-refractivity contribution in [3.05, 3.63) is 12.4 Å². The first-order chi connectivity index (χ1) is 12.4. The van der Waals surface area contributed by atoms with E-state index in [0.29, 0.717) is 18.1 Å². The fourth-order valence-electron chi connectivity index (χ4n) is 3.34. The third-order valence-electron chi connectivity index (χ3n) is 4.87. The van der Waals surface area contributed by atoms with Crippen LogP contribution < -0.4 is 10.3 Å². The number of amides is 1. The maximum atomic E-state index is 14.6. The van der Waals surface area contributed by atoms with Gasteiger partial charge in [0, 0.05) is 18.9 Å². The van der Waals surface area contributed by atoms with Gasteiger partial charge in [-0.15, -0.1) is 0 Å². The fraction of sp³-hybridized carbons (Fsp3) is 0.611. The minimum Gasteiger partial charge on any atom is -0.310 e. The summed E-state index contributed by atoms with van der Waals surface area (Å²) in [5, 5.41) is 15.3. The highest BCUT2D eigenvalue weighted by molar-refractivity contribution is 5.91. The average molecular weight is 362 g/mol. The van der Waals surface area contributed by atoms with Crippen molar-refractivity contribution in [2.75, 3.05) is 10.3 Å². The molecule has 1 aliphatic carbocycles. The van der Waals surface area contributed by atoms with Crippen molar-refractivity contribution in [3.63, 3.8) is 0 Å². The van der Waals surface area contributed by atoms with Gasteiger partial charge in [0.1, 0.15) is 0 Å². The number of nitrogens with one attached hydrogen (secondary N) is 2. The number of carbonyl (C=O) groups is 1. The Hall–Kier alpha value is -2.38. The number of hydrogen-bond donors (Lipinski definition) is 2. The van der Waals surface area contributed by atoms with E-state index in [1.54, 1.807) is 6.92 Å². The summed E-state index contributed by atoms with van der Waals surface area (Å²) in [5.41, 5.74) is -1.88. The molecule has 1 fully saturated rings. The number of alkyl halides is 1. The van der Waals surface area contributed by atoms with Crippen LogP contribution in [0, 0.1) is 11.3 Å². The van der Waals surface area contributed by atoms with Gasteiger partial charge in [0.15, 0.2) is 17.3 Å². The summed E-state index contributed by atoms with van der Waals surface area (Å²) in [5.74, 6) is 0.669. The van der Waals surface area contributed by atoms with E-state index in [1.807, 2.05) is 0 Å². The van der Waals surface area contributed by atoms with E-state index in [4.69, 9.17) is 5.41 Å². The molecule has 26 heavy (non-hydrogen) atoms. The molecular weight excluding hydrogens is 335 g/mol. The number of aromatic nitrogens is 2. The number of halogens is 1. The monoisotopic (exact) mass is 362 g/mol. The summed E-state index contributed by atoms with van der Waals surface area (Å²) in [6, 6.07) is -0.727. The van der Waals surface area contributed by atoms with E-state index >= 15 is 0 Å². The minimum absolute atomic E-state index is 0.0286. The molecule has 8 heteroatoms. The summed E-state index contributed by atoms with van der Waals surface area (Å²) in [4.78, 5) is 20.7. The molecule has 0 aliphatic heterocycles. The molecule has 2 atom stereocenters. The van der Waals surface area contributed by atoms with Gasteiger partial charge >= 0.3 is 0 Å². The summed E-state index contributed by atoms with van der Waals surface area (Å²) in [6.45, 7) is 6.60. The van der Waals surface area contributed by atoms with E-state index in [9.17, 15) is 9.18 Å². The summed E-state index contributed by atoms with van der Waals surface area (Å²) >= 11 is 0. The van der Waals surface area contributed by atoms with Crippen LogP contribution in [0.15, 0.2) is 17.5 Å². The Kier molecular flexibility index (Phi) is 6.76. The number of hydrogen-bond acceptors (Lipinski definition) is 6. The molecule has 2 unspecified atom stereocenters. The van der Waals surface area contributed by atoms with Crippen molar-refractivity contribution in [2.24, 2.45) is 11.0 Å². The highest BCUT2D eigenvalue weighted by Gasteiger charge is 2.36.